The fourth-order valence-corrected chi connectivity index (χ4v) is 6.51. The van der Waals surface area contributed by atoms with Crippen LogP contribution in [0.15, 0.2) is 115 Å². The van der Waals surface area contributed by atoms with Gasteiger partial charge in [-0.3, -0.25) is 4.90 Å². The van der Waals surface area contributed by atoms with Crippen molar-refractivity contribution in [2.75, 3.05) is 28.2 Å². The Balaban J connectivity index is 1.44. The van der Waals surface area contributed by atoms with Crippen molar-refractivity contribution in [3.8, 4) is 11.5 Å². The first-order chi connectivity index (χ1) is 21.9. The van der Waals surface area contributed by atoms with Gasteiger partial charge in [-0.05, 0) is 62.4 Å². The lowest BCUT2D eigenvalue weighted by atomic mass is 9.77. The second kappa shape index (κ2) is 11.3. The van der Waals surface area contributed by atoms with Crippen LogP contribution >= 0.6 is 11.6 Å². The van der Waals surface area contributed by atoms with Gasteiger partial charge >= 0.3 is 12.0 Å². The highest BCUT2D eigenvalue weighted by atomic mass is 35.5. The molecule has 1 unspecified atom stereocenters. The molecule has 8 heteroatoms. The van der Waals surface area contributed by atoms with E-state index in [-0.39, 0.29) is 5.02 Å². The van der Waals surface area contributed by atoms with E-state index in [1.807, 2.05) is 97.1 Å². The largest absolute Gasteiger partial charge is 0.456 e. The average molecular weight is 616 g/mol. The van der Waals surface area contributed by atoms with Gasteiger partial charge in [0.05, 0.1) is 22.0 Å². The molecule has 0 aromatic heterocycles. The molecule has 7 nitrogen and oxygen atoms in total. The van der Waals surface area contributed by atoms with Gasteiger partial charge in [-0.2, -0.15) is 0 Å². The third-order valence-corrected chi connectivity index (χ3v) is 8.68. The number of ether oxygens (including phenoxy) is 2. The highest BCUT2D eigenvalue weighted by molar-refractivity contribution is 6.34. The van der Waals surface area contributed by atoms with E-state index < -0.39 is 17.6 Å². The van der Waals surface area contributed by atoms with E-state index in [1.54, 1.807) is 18.2 Å². The van der Waals surface area contributed by atoms with Crippen LogP contribution in [0, 0.1) is 0 Å². The number of halogens is 1. The summed E-state index contributed by atoms with van der Waals surface area (Å²) in [5, 5.41) is 3.27. The Morgan fingerprint density at radius 2 is 1.42 bits per heavy atom. The normalized spacial score (nSPS) is 15.8. The average Bonchev–Trinajstić information content (AvgIpc) is 3.35. The van der Waals surface area contributed by atoms with Crippen molar-refractivity contribution in [3.05, 3.63) is 143 Å². The predicted octanol–water partition coefficient (Wildman–Crippen LogP) is 9.12. The van der Waals surface area contributed by atoms with Crippen LogP contribution < -0.4 is 19.9 Å². The van der Waals surface area contributed by atoms with Crippen LogP contribution in [0.1, 0.15) is 40.9 Å². The van der Waals surface area contributed by atoms with E-state index in [0.717, 1.165) is 18.8 Å². The van der Waals surface area contributed by atoms with Crippen molar-refractivity contribution >= 4 is 46.4 Å². The van der Waals surface area contributed by atoms with Crippen LogP contribution in [0.5, 0.6) is 11.5 Å². The van der Waals surface area contributed by atoms with E-state index in [2.05, 4.69) is 24.1 Å². The number of anilines is 4. The number of hydrogen-bond acceptors (Lipinski definition) is 5. The maximum absolute atomic E-state index is 14.0. The molecule has 1 atom stereocenters. The maximum Gasteiger partial charge on any atom is 0.340 e. The summed E-state index contributed by atoms with van der Waals surface area (Å²) in [6.45, 7) is 5.85. The molecule has 7 rings (SSSR count). The van der Waals surface area contributed by atoms with Crippen molar-refractivity contribution in [2.45, 2.75) is 19.4 Å². The Labute approximate surface area is 266 Å². The van der Waals surface area contributed by atoms with Crippen LogP contribution in [0.3, 0.4) is 0 Å². The number of benzene rings is 5. The number of urea groups is 1. The molecule has 0 saturated heterocycles. The zero-order chi connectivity index (χ0) is 31.1. The van der Waals surface area contributed by atoms with Crippen molar-refractivity contribution < 1.29 is 19.1 Å². The van der Waals surface area contributed by atoms with Crippen LogP contribution in [-0.4, -0.2) is 25.1 Å². The van der Waals surface area contributed by atoms with Crippen molar-refractivity contribution in [3.63, 3.8) is 0 Å². The smallest absolute Gasteiger partial charge is 0.340 e. The lowest BCUT2D eigenvalue weighted by Gasteiger charge is -2.38. The number of esters is 1. The van der Waals surface area contributed by atoms with Gasteiger partial charge in [0.25, 0.3) is 0 Å². The molecule has 0 saturated carbocycles. The minimum Gasteiger partial charge on any atom is -0.456 e. The summed E-state index contributed by atoms with van der Waals surface area (Å²) in [6, 6.07) is 34.9. The summed E-state index contributed by atoms with van der Waals surface area (Å²) < 4.78 is 13.0. The zero-order valence-corrected chi connectivity index (χ0v) is 25.5. The molecule has 5 aromatic rings. The number of amides is 2. The van der Waals surface area contributed by atoms with E-state index in [1.165, 1.54) is 4.90 Å². The third-order valence-electron chi connectivity index (χ3n) is 8.38. The number of fused-ring (bicyclic) bond motifs is 6. The highest BCUT2D eigenvalue weighted by Crippen LogP contribution is 2.58. The Hall–Kier alpha value is -5.27. The Morgan fingerprint density at radius 1 is 0.756 bits per heavy atom. The van der Waals surface area contributed by atoms with Gasteiger partial charge in [-0.25, -0.2) is 9.59 Å². The molecule has 5 aromatic carbocycles. The molecule has 2 amide bonds. The van der Waals surface area contributed by atoms with Crippen LogP contribution in [-0.2, 0) is 10.3 Å². The van der Waals surface area contributed by atoms with Crippen molar-refractivity contribution in [2.24, 2.45) is 0 Å². The maximum atomic E-state index is 14.0. The standard InChI is InChI=1S/C37H30ClN3O4/c1-3-40(4-2)26-19-20-29-33(21-26)44-34-23-31(38)32(22-30(34)37(29)28-18-12-11-17-27(28)35(42)45-37)41(25-15-9-6-10-16-25)36(43)39-24-13-7-5-8-14-24/h5-23H,3-4H2,1-2H3,(H,39,43). The molecule has 2 heterocycles. The van der Waals surface area contributed by atoms with E-state index in [4.69, 9.17) is 21.1 Å². The Kier molecular flexibility index (Phi) is 7.18. The summed E-state index contributed by atoms with van der Waals surface area (Å²) in [5.74, 6) is 0.575. The molecule has 1 spiro atoms. The molecule has 0 radical (unpaired) electrons. The first-order valence-corrected chi connectivity index (χ1v) is 15.3. The second-order valence-corrected chi connectivity index (χ2v) is 11.2. The lowest BCUT2D eigenvalue weighted by Crippen LogP contribution is -2.35. The van der Waals surface area contributed by atoms with Gasteiger partial charge in [0.1, 0.15) is 11.5 Å². The van der Waals surface area contributed by atoms with Crippen molar-refractivity contribution in [1.29, 1.82) is 0 Å². The summed E-state index contributed by atoms with van der Waals surface area (Å²) >= 11 is 7.01. The second-order valence-electron chi connectivity index (χ2n) is 10.8. The molecule has 45 heavy (non-hydrogen) atoms. The molecule has 2 aliphatic rings. The number of nitrogens with zero attached hydrogens (tertiary/aromatic N) is 2. The first-order valence-electron chi connectivity index (χ1n) is 14.9. The van der Waals surface area contributed by atoms with Crippen LogP contribution in [0.2, 0.25) is 5.02 Å². The van der Waals surface area contributed by atoms with Gasteiger partial charge in [0, 0.05) is 53.3 Å². The molecule has 0 bridgehead atoms. The first kappa shape index (κ1) is 28.5. The summed E-state index contributed by atoms with van der Waals surface area (Å²) in [5.41, 5.74) is 3.74. The fraction of sp³-hybridized carbons (Fsp3) is 0.135. The molecular formula is C37H30ClN3O4. The fourth-order valence-electron chi connectivity index (χ4n) is 6.27. The number of hydrogen-bond donors (Lipinski definition) is 1. The van der Waals surface area contributed by atoms with Crippen molar-refractivity contribution in [1.82, 2.24) is 0 Å². The molecule has 0 fully saturated rings. The van der Waals surface area contributed by atoms with Gasteiger partial charge in [-0.15, -0.1) is 0 Å². The quantitative estimate of drug-likeness (QED) is 0.193. The number of nitrogens with one attached hydrogen (secondary N) is 1. The van der Waals surface area contributed by atoms with E-state index in [9.17, 15) is 9.59 Å². The third kappa shape index (κ3) is 4.67. The molecule has 1 N–H and O–H groups in total. The molecule has 224 valence electrons. The zero-order valence-electron chi connectivity index (χ0n) is 24.8. The van der Waals surface area contributed by atoms with E-state index in [0.29, 0.717) is 50.8 Å². The lowest BCUT2D eigenvalue weighted by molar-refractivity contribution is 0.0224. The van der Waals surface area contributed by atoms with E-state index >= 15 is 0 Å². The number of carbonyl (C=O) groups is 2. The Bertz CT molecular complexity index is 1930. The molecular weight excluding hydrogens is 586 g/mol. The monoisotopic (exact) mass is 615 g/mol. The summed E-state index contributed by atoms with van der Waals surface area (Å²) in [4.78, 5) is 31.2. The molecule has 2 aliphatic heterocycles. The predicted molar refractivity (Wildman–Crippen MR) is 177 cm³/mol. The minimum absolute atomic E-state index is 0.289. The molecule has 0 aliphatic carbocycles. The van der Waals surface area contributed by atoms with Crippen LogP contribution in [0.4, 0.5) is 27.5 Å². The van der Waals surface area contributed by atoms with Crippen LogP contribution in [0.25, 0.3) is 0 Å². The minimum atomic E-state index is -1.32. The number of para-hydroxylation sites is 2. The van der Waals surface area contributed by atoms with Gasteiger partial charge < -0.3 is 19.7 Å². The van der Waals surface area contributed by atoms with Gasteiger partial charge in [0.2, 0.25) is 0 Å². The Morgan fingerprint density at radius 3 is 2.16 bits per heavy atom. The topological polar surface area (TPSA) is 71.1 Å². The summed E-state index contributed by atoms with van der Waals surface area (Å²) in [7, 11) is 0. The number of carbonyl (C=O) groups excluding carboxylic acids is 2. The van der Waals surface area contributed by atoms with Gasteiger partial charge in [-0.1, -0.05) is 66.2 Å². The number of rotatable bonds is 6. The summed E-state index contributed by atoms with van der Waals surface area (Å²) in [6.07, 6.45) is 0. The SMILES string of the molecule is CCN(CC)c1ccc2c(c1)Oc1cc(Cl)c(N(C(=O)Nc3ccccc3)c3ccccc3)cc1C21OC(=O)c2ccccc21. The highest BCUT2D eigenvalue weighted by Gasteiger charge is 2.54. The van der Waals surface area contributed by atoms with Gasteiger partial charge in [0.15, 0.2) is 5.60 Å².